The molecule has 4 rings (SSSR count). The Morgan fingerprint density at radius 1 is 1.28 bits per heavy atom. The van der Waals surface area contributed by atoms with Crippen molar-refractivity contribution in [2.75, 3.05) is 26.7 Å². The number of hydrogen-bond donors (Lipinski definition) is 1. The van der Waals surface area contributed by atoms with Crippen LogP contribution in [0.2, 0.25) is 0 Å². The molecule has 1 saturated heterocycles. The summed E-state index contributed by atoms with van der Waals surface area (Å²) in [6.45, 7) is 3.92. The largest absolute Gasteiger partial charge is 0.445 e. The van der Waals surface area contributed by atoms with Crippen molar-refractivity contribution >= 4 is 6.09 Å². The summed E-state index contributed by atoms with van der Waals surface area (Å²) in [4.78, 5) is 21.0. The second-order valence-corrected chi connectivity index (χ2v) is 8.13. The van der Waals surface area contributed by atoms with Crippen LogP contribution in [0.25, 0.3) is 11.4 Å². The van der Waals surface area contributed by atoms with Gasteiger partial charge in [-0.3, -0.25) is 4.90 Å². The fourth-order valence-corrected chi connectivity index (χ4v) is 3.92. The van der Waals surface area contributed by atoms with E-state index >= 15 is 0 Å². The lowest BCUT2D eigenvalue weighted by atomic mass is 10.0. The van der Waals surface area contributed by atoms with E-state index < -0.39 is 6.09 Å². The number of hydrogen-bond acceptors (Lipinski definition) is 7. The molecule has 2 aromatic carbocycles. The van der Waals surface area contributed by atoms with E-state index in [1.807, 2.05) is 54.6 Å². The van der Waals surface area contributed by atoms with Crippen molar-refractivity contribution in [3.8, 4) is 11.4 Å². The number of aliphatic hydroxyl groups is 1. The number of likely N-dealkylation sites (N-methyl/N-ethyl adjacent to an activating group) is 1. The van der Waals surface area contributed by atoms with Gasteiger partial charge in [0, 0.05) is 39.2 Å². The molecule has 0 radical (unpaired) electrons. The summed E-state index contributed by atoms with van der Waals surface area (Å²) in [5.41, 5.74) is 2.69. The van der Waals surface area contributed by atoms with Crippen LogP contribution < -0.4 is 0 Å². The van der Waals surface area contributed by atoms with Crippen LogP contribution in [-0.4, -0.2) is 63.9 Å². The van der Waals surface area contributed by atoms with Gasteiger partial charge in [-0.25, -0.2) is 4.79 Å². The zero-order chi connectivity index (χ0) is 22.5. The number of carbonyl (C=O) groups is 1. The van der Waals surface area contributed by atoms with Crippen LogP contribution in [0.15, 0.2) is 59.1 Å². The van der Waals surface area contributed by atoms with E-state index in [4.69, 9.17) is 9.26 Å². The highest BCUT2D eigenvalue weighted by atomic mass is 16.6. The van der Waals surface area contributed by atoms with Gasteiger partial charge < -0.3 is 19.3 Å². The number of amides is 1. The number of rotatable bonds is 7. The molecule has 1 N–H and O–H groups in total. The second-order valence-electron chi connectivity index (χ2n) is 8.13. The topological polar surface area (TPSA) is 91.9 Å². The molecule has 1 aliphatic rings. The van der Waals surface area contributed by atoms with Gasteiger partial charge in [-0.05, 0) is 23.6 Å². The molecule has 0 spiro atoms. The summed E-state index contributed by atoms with van der Waals surface area (Å²) in [5.74, 6) is 1.00. The van der Waals surface area contributed by atoms with E-state index in [-0.39, 0.29) is 18.8 Å². The van der Waals surface area contributed by atoms with E-state index in [2.05, 4.69) is 15.0 Å². The Morgan fingerprint density at radius 3 is 2.78 bits per heavy atom. The molecule has 3 aromatic rings. The third kappa shape index (κ3) is 5.33. The van der Waals surface area contributed by atoms with E-state index in [0.29, 0.717) is 24.8 Å². The summed E-state index contributed by atoms with van der Waals surface area (Å²) in [6, 6.07) is 17.1. The van der Waals surface area contributed by atoms with Crippen molar-refractivity contribution in [3.05, 3.63) is 71.6 Å². The Balaban J connectivity index is 1.54. The van der Waals surface area contributed by atoms with Crippen LogP contribution in [0.4, 0.5) is 4.79 Å². The molecular weight excluding hydrogens is 408 g/mol. The van der Waals surface area contributed by atoms with Crippen molar-refractivity contribution in [1.82, 2.24) is 19.9 Å². The average Bonchev–Trinajstić information content (AvgIpc) is 3.44. The van der Waals surface area contributed by atoms with E-state index in [1.54, 1.807) is 18.9 Å². The van der Waals surface area contributed by atoms with Crippen molar-refractivity contribution < 1.29 is 19.2 Å². The Morgan fingerprint density at radius 2 is 2.09 bits per heavy atom. The lowest BCUT2D eigenvalue weighted by molar-refractivity contribution is 0.0817. The van der Waals surface area contributed by atoms with Crippen molar-refractivity contribution in [1.29, 1.82) is 0 Å². The molecule has 1 aromatic heterocycles. The minimum absolute atomic E-state index is 0.210. The van der Waals surface area contributed by atoms with Crippen LogP contribution in [0.3, 0.4) is 0 Å². The van der Waals surface area contributed by atoms with E-state index in [1.165, 1.54) is 0 Å². The van der Waals surface area contributed by atoms with Gasteiger partial charge in [0.25, 0.3) is 0 Å². The summed E-state index contributed by atoms with van der Waals surface area (Å²) in [7, 11) is 1.75. The van der Waals surface area contributed by atoms with Gasteiger partial charge in [0.05, 0.1) is 12.1 Å². The molecule has 8 heteroatoms. The molecule has 2 heterocycles. The smallest absolute Gasteiger partial charge is 0.410 e. The third-order valence-corrected chi connectivity index (χ3v) is 5.70. The van der Waals surface area contributed by atoms with Gasteiger partial charge in [-0.1, -0.05) is 53.7 Å². The highest BCUT2D eigenvalue weighted by Gasteiger charge is 2.29. The summed E-state index contributed by atoms with van der Waals surface area (Å²) in [6.07, 6.45) is -0.00381. The normalized spacial score (nSPS) is 17.3. The van der Waals surface area contributed by atoms with E-state index in [9.17, 15) is 9.90 Å². The van der Waals surface area contributed by atoms with Gasteiger partial charge in [0.1, 0.15) is 6.61 Å². The molecule has 0 bridgehead atoms. The molecular formula is C24H28N4O4. The van der Waals surface area contributed by atoms with Crippen LogP contribution in [0, 0.1) is 6.92 Å². The summed E-state index contributed by atoms with van der Waals surface area (Å²) < 4.78 is 10.7. The van der Waals surface area contributed by atoms with Crippen molar-refractivity contribution in [2.45, 2.75) is 32.1 Å². The zero-order valence-corrected chi connectivity index (χ0v) is 18.3. The first-order chi connectivity index (χ1) is 15.5. The summed E-state index contributed by atoms with van der Waals surface area (Å²) in [5, 5.41) is 14.0. The first kappa shape index (κ1) is 22.0. The van der Waals surface area contributed by atoms with Crippen LogP contribution >= 0.6 is 0 Å². The predicted molar refractivity (Wildman–Crippen MR) is 119 cm³/mol. The lowest BCUT2D eigenvalue weighted by Gasteiger charge is -2.31. The van der Waals surface area contributed by atoms with Gasteiger partial charge in [-0.15, -0.1) is 0 Å². The SMILES string of the molecule is Cc1nc(-c2cccc([C@@H](CN3CC[C@H](O)C3)N(C)C(=O)OCc3ccccc3)c2)no1. The average molecular weight is 437 g/mol. The Hall–Kier alpha value is -3.23. The van der Waals surface area contributed by atoms with E-state index in [0.717, 1.165) is 29.7 Å². The third-order valence-electron chi connectivity index (χ3n) is 5.70. The molecule has 168 valence electrons. The molecule has 1 fully saturated rings. The van der Waals surface area contributed by atoms with Crippen LogP contribution in [-0.2, 0) is 11.3 Å². The Bertz CT molecular complexity index is 1040. The Labute approximate surface area is 187 Å². The first-order valence-corrected chi connectivity index (χ1v) is 10.7. The van der Waals surface area contributed by atoms with Crippen LogP contribution in [0.1, 0.15) is 29.5 Å². The molecule has 0 saturated carbocycles. The monoisotopic (exact) mass is 436 g/mol. The number of ether oxygens (including phenoxy) is 1. The predicted octanol–water partition coefficient (Wildman–Crippen LogP) is 3.42. The molecule has 2 atom stereocenters. The highest BCUT2D eigenvalue weighted by molar-refractivity contribution is 5.68. The van der Waals surface area contributed by atoms with Gasteiger partial charge >= 0.3 is 6.09 Å². The molecule has 32 heavy (non-hydrogen) atoms. The lowest BCUT2D eigenvalue weighted by Crippen LogP contribution is -2.39. The maximum Gasteiger partial charge on any atom is 0.410 e. The first-order valence-electron chi connectivity index (χ1n) is 10.7. The molecule has 1 aliphatic heterocycles. The maximum absolute atomic E-state index is 12.9. The minimum atomic E-state index is -0.403. The van der Waals surface area contributed by atoms with Gasteiger partial charge in [-0.2, -0.15) is 4.98 Å². The highest BCUT2D eigenvalue weighted by Crippen LogP contribution is 2.27. The van der Waals surface area contributed by atoms with Gasteiger partial charge in [0.2, 0.25) is 11.7 Å². The minimum Gasteiger partial charge on any atom is -0.445 e. The quantitative estimate of drug-likeness (QED) is 0.607. The molecule has 0 unspecified atom stereocenters. The van der Waals surface area contributed by atoms with Crippen molar-refractivity contribution in [3.63, 3.8) is 0 Å². The number of carbonyl (C=O) groups excluding carboxylic acids is 1. The number of aryl methyl sites for hydroxylation is 1. The molecule has 1 amide bonds. The van der Waals surface area contributed by atoms with Crippen molar-refractivity contribution in [2.24, 2.45) is 0 Å². The molecule has 8 nitrogen and oxygen atoms in total. The Kier molecular flexibility index (Phi) is 6.82. The number of benzene rings is 2. The fraction of sp³-hybridized carbons (Fsp3) is 0.375. The number of aromatic nitrogens is 2. The standard InChI is InChI=1S/C24H28N4O4/c1-17-25-23(26-32-17)20-10-6-9-19(13-20)22(15-28-12-11-21(29)14-28)27(2)24(30)31-16-18-7-4-3-5-8-18/h3-10,13,21-22,29H,11-12,14-16H2,1-2H3/t21-,22+/m0/s1. The van der Waals surface area contributed by atoms with Crippen LogP contribution in [0.5, 0.6) is 0 Å². The maximum atomic E-state index is 12.9. The zero-order valence-electron chi connectivity index (χ0n) is 18.3. The number of aliphatic hydroxyl groups excluding tert-OH is 1. The molecule has 0 aliphatic carbocycles. The number of β-amino-alcohol motifs (C(OH)–C–C–N with tert-alkyl or cyclic N) is 1. The second kappa shape index (κ2) is 9.93. The van der Waals surface area contributed by atoms with Gasteiger partial charge in [0.15, 0.2) is 0 Å². The number of nitrogens with zero attached hydrogens (tertiary/aromatic N) is 4. The fourth-order valence-electron chi connectivity index (χ4n) is 3.92. The summed E-state index contributed by atoms with van der Waals surface area (Å²) >= 11 is 0. The number of likely N-dealkylation sites (tertiary alicyclic amines) is 1.